The number of piperidine rings is 1. The van der Waals surface area contributed by atoms with Crippen LogP contribution in [0.5, 0.6) is 0 Å². The van der Waals surface area contributed by atoms with Crippen molar-refractivity contribution >= 4 is 23.5 Å². The summed E-state index contributed by atoms with van der Waals surface area (Å²) >= 11 is 0. The van der Waals surface area contributed by atoms with Crippen LogP contribution in [0.1, 0.15) is 19.3 Å². The maximum Gasteiger partial charge on any atom is 0.308 e. The SMILES string of the molecule is O=C(O)C1CCCN(C(=O)C2CC(=O)N(c3ccc(F)cc3F)C2)C1. The van der Waals surface area contributed by atoms with Crippen LogP contribution in [0.15, 0.2) is 18.2 Å². The molecule has 0 aromatic heterocycles. The Morgan fingerprint density at radius 2 is 1.92 bits per heavy atom. The molecular formula is C17H18F2N2O4. The number of benzene rings is 1. The van der Waals surface area contributed by atoms with E-state index in [1.54, 1.807) is 0 Å². The van der Waals surface area contributed by atoms with E-state index in [1.807, 2.05) is 0 Å². The highest BCUT2D eigenvalue weighted by atomic mass is 19.1. The second-order valence-electron chi connectivity index (χ2n) is 6.46. The van der Waals surface area contributed by atoms with Gasteiger partial charge in [-0.1, -0.05) is 0 Å². The Balaban J connectivity index is 1.71. The summed E-state index contributed by atoms with van der Waals surface area (Å²) in [7, 11) is 0. The Morgan fingerprint density at radius 1 is 1.16 bits per heavy atom. The quantitative estimate of drug-likeness (QED) is 0.897. The third kappa shape index (κ3) is 3.47. The van der Waals surface area contributed by atoms with Crippen LogP contribution < -0.4 is 4.90 Å². The predicted octanol–water partition coefficient (Wildman–Crippen LogP) is 1.64. The highest BCUT2D eigenvalue weighted by Crippen LogP contribution is 2.30. The molecule has 0 aliphatic carbocycles. The van der Waals surface area contributed by atoms with Crippen LogP contribution in [-0.4, -0.2) is 47.4 Å². The number of halogens is 2. The highest BCUT2D eigenvalue weighted by molar-refractivity contribution is 6.00. The molecule has 8 heteroatoms. The maximum absolute atomic E-state index is 13.9. The summed E-state index contributed by atoms with van der Waals surface area (Å²) in [5, 5.41) is 9.12. The van der Waals surface area contributed by atoms with Crippen LogP contribution in [0, 0.1) is 23.5 Å². The molecule has 0 spiro atoms. The van der Waals surface area contributed by atoms with E-state index >= 15 is 0 Å². The average molecular weight is 352 g/mol. The van der Waals surface area contributed by atoms with Gasteiger partial charge in [-0.2, -0.15) is 0 Å². The first kappa shape index (κ1) is 17.3. The Labute approximate surface area is 143 Å². The molecule has 2 amide bonds. The lowest BCUT2D eigenvalue weighted by atomic mass is 9.96. The zero-order valence-corrected chi connectivity index (χ0v) is 13.5. The van der Waals surface area contributed by atoms with Gasteiger partial charge in [0, 0.05) is 32.1 Å². The minimum Gasteiger partial charge on any atom is -0.481 e. The number of carboxylic acids is 1. The molecule has 25 heavy (non-hydrogen) atoms. The smallest absolute Gasteiger partial charge is 0.308 e. The summed E-state index contributed by atoms with van der Waals surface area (Å²) in [5.74, 6) is -4.47. The summed E-state index contributed by atoms with van der Waals surface area (Å²) in [6, 6.07) is 2.93. The normalized spacial score (nSPS) is 23.8. The Morgan fingerprint density at radius 3 is 2.60 bits per heavy atom. The number of aliphatic carboxylic acids is 1. The molecule has 2 aliphatic rings. The van der Waals surface area contributed by atoms with Crippen molar-refractivity contribution in [2.24, 2.45) is 11.8 Å². The molecule has 1 N–H and O–H groups in total. The van der Waals surface area contributed by atoms with Crippen LogP contribution >= 0.6 is 0 Å². The fourth-order valence-electron chi connectivity index (χ4n) is 3.44. The third-order valence-electron chi connectivity index (χ3n) is 4.76. The predicted molar refractivity (Wildman–Crippen MR) is 83.8 cm³/mol. The van der Waals surface area contributed by atoms with E-state index in [2.05, 4.69) is 0 Å². The van der Waals surface area contributed by atoms with Crippen molar-refractivity contribution in [3.05, 3.63) is 29.8 Å². The number of hydrogen-bond donors (Lipinski definition) is 1. The van der Waals surface area contributed by atoms with E-state index in [9.17, 15) is 23.2 Å². The summed E-state index contributed by atoms with van der Waals surface area (Å²) in [5.41, 5.74) is -0.0521. The van der Waals surface area contributed by atoms with E-state index in [4.69, 9.17) is 5.11 Å². The number of carboxylic acid groups (broad SMARTS) is 1. The van der Waals surface area contributed by atoms with Crippen molar-refractivity contribution in [3.8, 4) is 0 Å². The van der Waals surface area contributed by atoms with Gasteiger partial charge in [-0.25, -0.2) is 8.78 Å². The molecule has 6 nitrogen and oxygen atoms in total. The van der Waals surface area contributed by atoms with Crippen molar-refractivity contribution in [1.29, 1.82) is 0 Å². The number of carbonyl (C=O) groups excluding carboxylic acids is 2. The second kappa shape index (κ2) is 6.78. The number of amides is 2. The first-order chi connectivity index (χ1) is 11.9. The molecule has 2 heterocycles. The van der Waals surface area contributed by atoms with Crippen molar-refractivity contribution < 1.29 is 28.3 Å². The molecule has 2 unspecified atom stereocenters. The summed E-state index contributed by atoms with van der Waals surface area (Å²) in [6.45, 7) is 0.594. The molecule has 2 saturated heterocycles. The van der Waals surface area contributed by atoms with Crippen LogP contribution in [-0.2, 0) is 14.4 Å². The summed E-state index contributed by atoms with van der Waals surface area (Å²) < 4.78 is 26.9. The van der Waals surface area contributed by atoms with Gasteiger partial charge in [-0.05, 0) is 25.0 Å². The van der Waals surface area contributed by atoms with Gasteiger partial charge in [0.1, 0.15) is 11.6 Å². The van der Waals surface area contributed by atoms with Gasteiger partial charge in [-0.3, -0.25) is 14.4 Å². The summed E-state index contributed by atoms with van der Waals surface area (Å²) in [6.07, 6.45) is 1.05. The van der Waals surface area contributed by atoms with Gasteiger partial charge in [0.2, 0.25) is 11.8 Å². The number of nitrogens with zero attached hydrogens (tertiary/aromatic N) is 2. The molecule has 3 rings (SSSR count). The van der Waals surface area contributed by atoms with Crippen molar-refractivity contribution in [2.75, 3.05) is 24.5 Å². The van der Waals surface area contributed by atoms with Gasteiger partial charge >= 0.3 is 5.97 Å². The Kier molecular flexibility index (Phi) is 4.69. The molecule has 0 bridgehead atoms. The van der Waals surface area contributed by atoms with Crippen LogP contribution in [0.25, 0.3) is 0 Å². The third-order valence-corrected chi connectivity index (χ3v) is 4.76. The molecule has 2 aliphatic heterocycles. The van der Waals surface area contributed by atoms with Crippen LogP contribution in [0.4, 0.5) is 14.5 Å². The first-order valence-corrected chi connectivity index (χ1v) is 8.14. The van der Waals surface area contributed by atoms with E-state index in [0.29, 0.717) is 25.5 Å². The molecule has 2 fully saturated rings. The zero-order chi connectivity index (χ0) is 18.1. The van der Waals surface area contributed by atoms with Gasteiger partial charge in [0.05, 0.1) is 17.5 Å². The van der Waals surface area contributed by atoms with Crippen LogP contribution in [0.2, 0.25) is 0 Å². The first-order valence-electron chi connectivity index (χ1n) is 8.14. The highest BCUT2D eigenvalue weighted by Gasteiger charge is 2.39. The lowest BCUT2D eigenvalue weighted by Crippen LogP contribution is -2.45. The number of anilines is 1. The molecule has 134 valence electrons. The minimum absolute atomic E-state index is 0.00839. The van der Waals surface area contributed by atoms with Crippen molar-refractivity contribution in [2.45, 2.75) is 19.3 Å². The molecule has 2 atom stereocenters. The van der Waals surface area contributed by atoms with E-state index in [0.717, 1.165) is 11.0 Å². The topological polar surface area (TPSA) is 77.9 Å². The maximum atomic E-state index is 13.9. The number of likely N-dealkylation sites (tertiary alicyclic amines) is 1. The molecule has 0 saturated carbocycles. The van der Waals surface area contributed by atoms with E-state index < -0.39 is 35.3 Å². The monoisotopic (exact) mass is 352 g/mol. The fourth-order valence-corrected chi connectivity index (χ4v) is 3.44. The molecule has 1 aromatic rings. The largest absolute Gasteiger partial charge is 0.481 e. The van der Waals surface area contributed by atoms with Gasteiger partial charge in [0.25, 0.3) is 0 Å². The zero-order valence-electron chi connectivity index (χ0n) is 13.5. The Hall–Kier alpha value is -2.51. The van der Waals surface area contributed by atoms with Gasteiger partial charge in [0.15, 0.2) is 0 Å². The fraction of sp³-hybridized carbons (Fsp3) is 0.471. The average Bonchev–Trinajstić information content (AvgIpc) is 2.96. The molecule has 0 radical (unpaired) electrons. The number of hydrogen-bond acceptors (Lipinski definition) is 3. The summed E-state index contributed by atoms with van der Waals surface area (Å²) in [4.78, 5) is 38.6. The van der Waals surface area contributed by atoms with Crippen molar-refractivity contribution in [3.63, 3.8) is 0 Å². The van der Waals surface area contributed by atoms with E-state index in [1.165, 1.54) is 11.0 Å². The van der Waals surface area contributed by atoms with Crippen molar-refractivity contribution in [1.82, 2.24) is 4.90 Å². The van der Waals surface area contributed by atoms with Crippen LogP contribution in [0.3, 0.4) is 0 Å². The van der Waals surface area contributed by atoms with Gasteiger partial charge in [-0.15, -0.1) is 0 Å². The lowest BCUT2D eigenvalue weighted by molar-refractivity contribution is -0.146. The number of carbonyl (C=O) groups is 3. The number of rotatable bonds is 3. The minimum atomic E-state index is -0.935. The Bertz CT molecular complexity index is 725. The van der Waals surface area contributed by atoms with Gasteiger partial charge < -0.3 is 14.9 Å². The standard InChI is InChI=1S/C17H18F2N2O4/c18-12-3-4-14(13(19)7-12)21-9-11(6-15(21)22)16(23)20-5-1-2-10(8-20)17(24)25/h3-4,7,10-11H,1-2,5-6,8-9H2,(H,24,25). The molecule has 1 aromatic carbocycles. The van der Waals surface area contributed by atoms with E-state index in [-0.39, 0.29) is 31.1 Å². The lowest BCUT2D eigenvalue weighted by Gasteiger charge is -2.32. The molecular weight excluding hydrogens is 334 g/mol. The second-order valence-corrected chi connectivity index (χ2v) is 6.46.